The Morgan fingerprint density at radius 2 is 1.94 bits per heavy atom. The number of ether oxygens (including phenoxy) is 1. The van der Waals surface area contributed by atoms with Gasteiger partial charge < -0.3 is 25.0 Å². The molecule has 11 heteroatoms. The predicted molar refractivity (Wildman–Crippen MR) is 110 cm³/mol. The highest BCUT2D eigenvalue weighted by Crippen LogP contribution is 2.33. The maximum absolute atomic E-state index is 13.5. The number of nitrogens with zero attached hydrogens (tertiary/aromatic N) is 1. The minimum atomic E-state index is -1.13. The smallest absolute Gasteiger partial charge is 0.294 e. The van der Waals surface area contributed by atoms with Gasteiger partial charge in [-0.25, -0.2) is 8.78 Å². The number of Topliss-reactive ketones (excluding diaryl/α,β-unsaturated/α-hetero) is 1. The summed E-state index contributed by atoms with van der Waals surface area (Å²) in [5.74, 6) is -4.80. The van der Waals surface area contributed by atoms with Gasteiger partial charge in [0.25, 0.3) is 17.6 Å². The fourth-order valence-corrected chi connectivity index (χ4v) is 4.33. The first kappa shape index (κ1) is 22.4. The van der Waals surface area contributed by atoms with E-state index in [0.29, 0.717) is 18.7 Å². The minimum absolute atomic E-state index is 0.0106. The zero-order valence-corrected chi connectivity index (χ0v) is 17.5. The number of anilines is 1. The molecule has 3 N–H and O–H groups in total. The van der Waals surface area contributed by atoms with Crippen molar-refractivity contribution in [3.63, 3.8) is 0 Å². The lowest BCUT2D eigenvalue weighted by atomic mass is 10.1. The molecular weight excluding hydrogens is 448 g/mol. The van der Waals surface area contributed by atoms with Crippen LogP contribution in [0.5, 0.6) is 0 Å². The molecule has 0 bridgehead atoms. The Morgan fingerprint density at radius 1 is 1.16 bits per heavy atom. The standard InChI is InChI=1S/C21H20ClF2N3O5/c22-17-16(20(30)25-10-4-5-11(23)12(24)7-10)14-3-1-2-6-27(14)18(17)19(29)21(31)26-13-8-32-9-15(13)28/h4-5,7,13,15,28H,1-3,6,8-9H2,(H,25,30)(H,26,31)/t13-,15-/m0/s1. The summed E-state index contributed by atoms with van der Waals surface area (Å²) in [6, 6.07) is 2.18. The number of aromatic nitrogens is 1. The van der Waals surface area contributed by atoms with E-state index < -0.39 is 41.4 Å². The molecule has 2 atom stereocenters. The van der Waals surface area contributed by atoms with Crippen LogP contribution in [0.15, 0.2) is 18.2 Å². The monoisotopic (exact) mass is 467 g/mol. The van der Waals surface area contributed by atoms with E-state index >= 15 is 0 Å². The summed E-state index contributed by atoms with van der Waals surface area (Å²) >= 11 is 6.43. The number of halogens is 3. The maximum Gasteiger partial charge on any atom is 0.294 e. The van der Waals surface area contributed by atoms with Crippen molar-refractivity contribution in [2.24, 2.45) is 0 Å². The summed E-state index contributed by atoms with van der Waals surface area (Å²) in [7, 11) is 0. The summed E-state index contributed by atoms with van der Waals surface area (Å²) < 4.78 is 33.3. The van der Waals surface area contributed by atoms with Gasteiger partial charge in [-0.05, 0) is 31.4 Å². The lowest BCUT2D eigenvalue weighted by Gasteiger charge is -2.19. The Balaban J connectivity index is 1.64. The number of carbonyl (C=O) groups is 3. The summed E-state index contributed by atoms with van der Waals surface area (Å²) in [6.45, 7) is 0.508. The van der Waals surface area contributed by atoms with Gasteiger partial charge in [0.1, 0.15) is 5.69 Å². The molecule has 8 nitrogen and oxygen atoms in total. The first-order chi connectivity index (χ1) is 15.3. The van der Waals surface area contributed by atoms with E-state index in [0.717, 1.165) is 25.0 Å². The maximum atomic E-state index is 13.5. The van der Waals surface area contributed by atoms with Gasteiger partial charge in [0.2, 0.25) is 0 Å². The number of ketones is 1. The van der Waals surface area contributed by atoms with Gasteiger partial charge in [-0.2, -0.15) is 0 Å². The Bertz CT molecular complexity index is 1100. The van der Waals surface area contributed by atoms with Gasteiger partial charge in [-0.3, -0.25) is 14.4 Å². The number of rotatable bonds is 5. The number of nitrogens with one attached hydrogen (secondary N) is 2. The Labute approximate surface area is 186 Å². The fourth-order valence-electron chi connectivity index (χ4n) is 3.95. The number of aliphatic hydroxyl groups excluding tert-OH is 1. The minimum Gasteiger partial charge on any atom is -0.388 e. The number of hydrogen-bond acceptors (Lipinski definition) is 5. The molecule has 2 aliphatic rings. The van der Waals surface area contributed by atoms with Crippen molar-refractivity contribution in [2.45, 2.75) is 38.0 Å². The molecule has 2 aliphatic heterocycles. The lowest BCUT2D eigenvalue weighted by molar-refractivity contribution is -0.118. The van der Waals surface area contributed by atoms with E-state index in [2.05, 4.69) is 10.6 Å². The van der Waals surface area contributed by atoms with Crippen LogP contribution in [0.2, 0.25) is 5.02 Å². The zero-order valence-electron chi connectivity index (χ0n) is 16.8. The van der Waals surface area contributed by atoms with Gasteiger partial charge >= 0.3 is 0 Å². The molecule has 32 heavy (non-hydrogen) atoms. The number of carbonyl (C=O) groups excluding carboxylic acids is 3. The Hall–Kier alpha value is -2.82. The molecular formula is C21H20ClF2N3O5. The molecule has 1 aromatic heterocycles. The van der Waals surface area contributed by atoms with Crippen molar-refractivity contribution < 1.29 is 33.0 Å². The van der Waals surface area contributed by atoms with Gasteiger partial charge in [0.15, 0.2) is 11.6 Å². The average molecular weight is 468 g/mol. The molecule has 2 amide bonds. The molecule has 0 aliphatic carbocycles. The van der Waals surface area contributed by atoms with Crippen LogP contribution in [-0.2, 0) is 22.5 Å². The van der Waals surface area contributed by atoms with Crippen LogP contribution in [0.3, 0.4) is 0 Å². The molecule has 3 heterocycles. The van der Waals surface area contributed by atoms with Crippen molar-refractivity contribution in [3.05, 3.63) is 51.8 Å². The van der Waals surface area contributed by atoms with Crippen LogP contribution in [0.4, 0.5) is 14.5 Å². The summed E-state index contributed by atoms with van der Waals surface area (Å²) in [5, 5.41) is 14.5. The van der Waals surface area contributed by atoms with Crippen LogP contribution in [0.1, 0.15) is 39.4 Å². The highest BCUT2D eigenvalue weighted by atomic mass is 35.5. The average Bonchev–Trinajstić information content (AvgIpc) is 3.29. The molecule has 0 saturated carbocycles. The molecule has 0 unspecified atom stereocenters. The number of benzene rings is 1. The van der Waals surface area contributed by atoms with Crippen molar-refractivity contribution in [3.8, 4) is 0 Å². The predicted octanol–water partition coefficient (Wildman–Crippen LogP) is 2.07. The van der Waals surface area contributed by atoms with Crippen molar-refractivity contribution in [2.75, 3.05) is 18.5 Å². The second kappa shape index (κ2) is 8.97. The van der Waals surface area contributed by atoms with Crippen LogP contribution in [-0.4, -0.2) is 52.6 Å². The molecule has 4 rings (SSSR count). The fraction of sp³-hybridized carbons (Fsp3) is 0.381. The van der Waals surface area contributed by atoms with Gasteiger partial charge in [0.05, 0.1) is 35.9 Å². The third-order valence-corrected chi connectivity index (χ3v) is 5.92. The summed E-state index contributed by atoms with van der Waals surface area (Å²) in [4.78, 5) is 38.4. The van der Waals surface area contributed by atoms with E-state index in [1.807, 2.05) is 0 Å². The normalized spacial score (nSPS) is 20.0. The first-order valence-electron chi connectivity index (χ1n) is 10.1. The van der Waals surface area contributed by atoms with Crippen LogP contribution in [0.25, 0.3) is 0 Å². The number of fused-ring (bicyclic) bond motifs is 1. The van der Waals surface area contributed by atoms with E-state index in [4.69, 9.17) is 16.3 Å². The van der Waals surface area contributed by atoms with Gasteiger partial charge in [-0.1, -0.05) is 11.6 Å². The van der Waals surface area contributed by atoms with Crippen molar-refractivity contribution in [1.29, 1.82) is 0 Å². The quantitative estimate of drug-likeness (QED) is 0.460. The summed E-state index contributed by atoms with van der Waals surface area (Å²) in [6.07, 6.45) is 0.988. The van der Waals surface area contributed by atoms with E-state index in [-0.39, 0.29) is 35.2 Å². The van der Waals surface area contributed by atoms with Crippen LogP contribution >= 0.6 is 11.6 Å². The Morgan fingerprint density at radius 3 is 2.62 bits per heavy atom. The first-order valence-corrected chi connectivity index (χ1v) is 10.4. The number of amides is 2. The second-order valence-corrected chi connectivity index (χ2v) is 8.07. The van der Waals surface area contributed by atoms with Crippen molar-refractivity contribution in [1.82, 2.24) is 9.88 Å². The zero-order chi connectivity index (χ0) is 23.0. The molecule has 1 saturated heterocycles. The van der Waals surface area contributed by atoms with Crippen LogP contribution in [0, 0.1) is 11.6 Å². The van der Waals surface area contributed by atoms with E-state index in [1.54, 1.807) is 4.57 Å². The SMILES string of the molecule is O=C(N[C@H]1COC[C@@H]1O)C(=O)c1c(Cl)c(C(=O)Nc2ccc(F)c(F)c2)c2n1CCCC2. The molecule has 1 fully saturated rings. The largest absolute Gasteiger partial charge is 0.388 e. The third kappa shape index (κ3) is 4.13. The van der Waals surface area contributed by atoms with E-state index in [1.165, 1.54) is 6.07 Å². The topological polar surface area (TPSA) is 110 Å². The number of aliphatic hydroxyl groups is 1. The number of hydrogen-bond donors (Lipinski definition) is 3. The van der Waals surface area contributed by atoms with Crippen molar-refractivity contribution >= 4 is 34.9 Å². The summed E-state index contributed by atoms with van der Waals surface area (Å²) in [5.41, 5.74) is 0.391. The highest BCUT2D eigenvalue weighted by molar-refractivity contribution is 6.48. The lowest BCUT2D eigenvalue weighted by Crippen LogP contribution is -2.45. The van der Waals surface area contributed by atoms with Crippen LogP contribution < -0.4 is 10.6 Å². The molecule has 1 aromatic carbocycles. The molecule has 170 valence electrons. The van der Waals surface area contributed by atoms with Gasteiger partial charge in [-0.15, -0.1) is 0 Å². The third-order valence-electron chi connectivity index (χ3n) is 5.55. The molecule has 0 spiro atoms. The Kier molecular flexibility index (Phi) is 6.27. The van der Waals surface area contributed by atoms with Gasteiger partial charge in [0, 0.05) is 24.0 Å². The van der Waals surface area contributed by atoms with E-state index in [9.17, 15) is 28.3 Å². The molecule has 2 aromatic rings. The second-order valence-electron chi connectivity index (χ2n) is 7.69. The highest BCUT2D eigenvalue weighted by Gasteiger charge is 2.35. The molecule has 0 radical (unpaired) electrons.